The van der Waals surface area contributed by atoms with Gasteiger partial charge in [0.2, 0.25) is 0 Å². The number of thioether (sulfide) groups is 1. The van der Waals surface area contributed by atoms with Gasteiger partial charge in [-0.15, -0.1) is 0 Å². The Labute approximate surface area is 102 Å². The molecule has 3 N–H and O–H groups in total. The standard InChI is InChI=1S/C11H22N4S/c1-4-15-11(7-9(2)14-15)8-10(13-12)5-6-16-3/h7,10,13H,4-6,8,12H2,1-3H3. The second-order valence-corrected chi connectivity index (χ2v) is 4.93. The van der Waals surface area contributed by atoms with Crippen LogP contribution in [0.2, 0.25) is 0 Å². The lowest BCUT2D eigenvalue weighted by Gasteiger charge is -2.15. The first-order valence-corrected chi connectivity index (χ1v) is 7.09. The number of aromatic nitrogens is 2. The number of hydrogen-bond acceptors (Lipinski definition) is 4. The van der Waals surface area contributed by atoms with Crippen molar-refractivity contribution >= 4 is 11.8 Å². The molecule has 92 valence electrons. The Hall–Kier alpha value is -0.520. The maximum absolute atomic E-state index is 5.57. The van der Waals surface area contributed by atoms with E-state index in [2.05, 4.69) is 34.5 Å². The first kappa shape index (κ1) is 13.5. The topological polar surface area (TPSA) is 55.9 Å². The highest BCUT2D eigenvalue weighted by Gasteiger charge is 2.11. The normalized spacial score (nSPS) is 13.0. The summed E-state index contributed by atoms with van der Waals surface area (Å²) in [7, 11) is 0. The van der Waals surface area contributed by atoms with Crippen LogP contribution in [0.3, 0.4) is 0 Å². The molecule has 1 aromatic rings. The van der Waals surface area contributed by atoms with E-state index in [4.69, 9.17) is 5.84 Å². The molecule has 16 heavy (non-hydrogen) atoms. The van der Waals surface area contributed by atoms with E-state index in [1.807, 2.05) is 18.7 Å². The molecule has 0 aromatic carbocycles. The summed E-state index contributed by atoms with van der Waals surface area (Å²) in [6.45, 7) is 5.06. The van der Waals surface area contributed by atoms with Crippen LogP contribution in [0.4, 0.5) is 0 Å². The van der Waals surface area contributed by atoms with Crippen LogP contribution in [0, 0.1) is 6.92 Å². The third kappa shape index (κ3) is 3.81. The minimum Gasteiger partial charge on any atom is -0.271 e. The lowest BCUT2D eigenvalue weighted by Crippen LogP contribution is -2.37. The van der Waals surface area contributed by atoms with Gasteiger partial charge < -0.3 is 0 Å². The molecule has 0 aliphatic rings. The number of nitrogens with one attached hydrogen (secondary N) is 1. The minimum absolute atomic E-state index is 0.342. The van der Waals surface area contributed by atoms with E-state index in [1.165, 1.54) is 5.69 Å². The van der Waals surface area contributed by atoms with Gasteiger partial charge in [-0.1, -0.05) is 0 Å². The Morgan fingerprint density at radius 3 is 2.94 bits per heavy atom. The third-order valence-electron chi connectivity index (χ3n) is 2.65. The van der Waals surface area contributed by atoms with Crippen molar-refractivity contribution in [3.8, 4) is 0 Å². The molecule has 0 spiro atoms. The molecule has 1 unspecified atom stereocenters. The Bertz CT molecular complexity index is 311. The molecular weight excluding hydrogens is 220 g/mol. The third-order valence-corrected chi connectivity index (χ3v) is 3.29. The number of nitrogens with two attached hydrogens (primary N) is 1. The van der Waals surface area contributed by atoms with Crippen molar-refractivity contribution in [3.63, 3.8) is 0 Å². The summed E-state index contributed by atoms with van der Waals surface area (Å²) in [5.74, 6) is 6.70. The largest absolute Gasteiger partial charge is 0.271 e. The molecule has 0 bridgehead atoms. The van der Waals surface area contributed by atoms with Crippen LogP contribution in [-0.4, -0.2) is 27.8 Å². The Morgan fingerprint density at radius 1 is 1.62 bits per heavy atom. The predicted octanol–water partition coefficient (Wildman–Crippen LogP) is 1.34. The summed E-state index contributed by atoms with van der Waals surface area (Å²) in [5.41, 5.74) is 5.24. The van der Waals surface area contributed by atoms with Crippen molar-refractivity contribution in [2.45, 2.75) is 39.3 Å². The number of aryl methyl sites for hydroxylation is 2. The zero-order chi connectivity index (χ0) is 12.0. The lowest BCUT2D eigenvalue weighted by atomic mass is 10.1. The van der Waals surface area contributed by atoms with E-state index in [0.717, 1.165) is 30.8 Å². The maximum Gasteiger partial charge on any atom is 0.0596 e. The smallest absolute Gasteiger partial charge is 0.0596 e. The first-order valence-electron chi connectivity index (χ1n) is 5.69. The Kier molecular flexibility index (Phi) is 5.87. The molecule has 1 rings (SSSR count). The predicted molar refractivity (Wildman–Crippen MR) is 70.5 cm³/mol. The summed E-state index contributed by atoms with van der Waals surface area (Å²) in [4.78, 5) is 0. The van der Waals surface area contributed by atoms with Gasteiger partial charge in [0.25, 0.3) is 0 Å². The molecule has 1 atom stereocenters. The Balaban J connectivity index is 2.61. The highest BCUT2D eigenvalue weighted by Crippen LogP contribution is 2.10. The van der Waals surface area contributed by atoms with Crippen molar-refractivity contribution < 1.29 is 0 Å². The van der Waals surface area contributed by atoms with Crippen molar-refractivity contribution in [2.24, 2.45) is 5.84 Å². The number of hydrogen-bond donors (Lipinski definition) is 2. The average molecular weight is 242 g/mol. The van der Waals surface area contributed by atoms with Gasteiger partial charge in [0.15, 0.2) is 0 Å². The summed E-state index contributed by atoms with van der Waals surface area (Å²) in [5, 5.41) is 4.44. The number of rotatable bonds is 7. The molecule has 0 amide bonds. The summed E-state index contributed by atoms with van der Waals surface area (Å²) >= 11 is 1.85. The highest BCUT2D eigenvalue weighted by molar-refractivity contribution is 7.98. The minimum atomic E-state index is 0.342. The summed E-state index contributed by atoms with van der Waals surface area (Å²) in [6.07, 6.45) is 4.16. The zero-order valence-electron chi connectivity index (χ0n) is 10.4. The van der Waals surface area contributed by atoms with Gasteiger partial charge in [-0.2, -0.15) is 16.9 Å². The maximum atomic E-state index is 5.57. The summed E-state index contributed by atoms with van der Waals surface area (Å²) < 4.78 is 2.05. The van der Waals surface area contributed by atoms with Crippen molar-refractivity contribution in [1.29, 1.82) is 0 Å². The molecule has 1 aromatic heterocycles. The molecule has 5 heteroatoms. The lowest BCUT2D eigenvalue weighted by molar-refractivity contribution is 0.489. The van der Waals surface area contributed by atoms with Crippen LogP contribution < -0.4 is 11.3 Å². The van der Waals surface area contributed by atoms with Crippen LogP contribution in [-0.2, 0) is 13.0 Å². The van der Waals surface area contributed by atoms with E-state index < -0.39 is 0 Å². The monoisotopic (exact) mass is 242 g/mol. The van der Waals surface area contributed by atoms with Crippen molar-refractivity contribution in [2.75, 3.05) is 12.0 Å². The summed E-state index contributed by atoms with van der Waals surface area (Å²) in [6, 6.07) is 2.49. The van der Waals surface area contributed by atoms with E-state index in [0.29, 0.717) is 6.04 Å². The van der Waals surface area contributed by atoms with E-state index >= 15 is 0 Å². The van der Waals surface area contributed by atoms with Crippen molar-refractivity contribution in [3.05, 3.63) is 17.5 Å². The molecule has 1 heterocycles. The van der Waals surface area contributed by atoms with E-state index in [-0.39, 0.29) is 0 Å². The van der Waals surface area contributed by atoms with Gasteiger partial charge in [-0.25, -0.2) is 0 Å². The second kappa shape index (κ2) is 6.93. The number of hydrazine groups is 1. The SMILES string of the molecule is CCn1nc(C)cc1CC(CCSC)NN. The van der Waals surface area contributed by atoms with Crippen molar-refractivity contribution in [1.82, 2.24) is 15.2 Å². The zero-order valence-corrected chi connectivity index (χ0v) is 11.2. The molecule has 0 saturated carbocycles. The first-order chi connectivity index (χ1) is 7.71. The molecule has 0 fully saturated rings. The van der Waals surface area contributed by atoms with Crippen LogP contribution in [0.25, 0.3) is 0 Å². The molecule has 0 radical (unpaired) electrons. The van der Waals surface area contributed by atoms with Gasteiger partial charge >= 0.3 is 0 Å². The molecule has 0 saturated heterocycles. The van der Waals surface area contributed by atoms with E-state index in [1.54, 1.807) is 0 Å². The van der Waals surface area contributed by atoms with Gasteiger partial charge in [-0.05, 0) is 38.3 Å². The molecule has 4 nitrogen and oxygen atoms in total. The average Bonchev–Trinajstić information content (AvgIpc) is 2.64. The highest BCUT2D eigenvalue weighted by atomic mass is 32.2. The molecule has 0 aliphatic carbocycles. The molecular formula is C11H22N4S. The van der Waals surface area contributed by atoms with Gasteiger partial charge in [0.1, 0.15) is 0 Å². The van der Waals surface area contributed by atoms with Crippen LogP contribution in [0.1, 0.15) is 24.7 Å². The van der Waals surface area contributed by atoms with Crippen LogP contribution in [0.15, 0.2) is 6.07 Å². The quantitative estimate of drug-likeness (QED) is 0.559. The van der Waals surface area contributed by atoms with Crippen LogP contribution >= 0.6 is 11.8 Å². The molecule has 0 aliphatic heterocycles. The van der Waals surface area contributed by atoms with Gasteiger partial charge in [0, 0.05) is 24.7 Å². The second-order valence-electron chi connectivity index (χ2n) is 3.94. The fourth-order valence-corrected chi connectivity index (χ4v) is 2.31. The van der Waals surface area contributed by atoms with Gasteiger partial charge in [0.05, 0.1) is 5.69 Å². The van der Waals surface area contributed by atoms with Crippen LogP contribution in [0.5, 0.6) is 0 Å². The fourth-order valence-electron chi connectivity index (χ4n) is 1.79. The Morgan fingerprint density at radius 2 is 2.38 bits per heavy atom. The van der Waals surface area contributed by atoms with E-state index in [9.17, 15) is 0 Å². The number of nitrogens with zero attached hydrogens (tertiary/aromatic N) is 2. The van der Waals surface area contributed by atoms with Gasteiger partial charge in [-0.3, -0.25) is 16.0 Å². The fraction of sp³-hybridized carbons (Fsp3) is 0.727.